The lowest BCUT2D eigenvalue weighted by Crippen LogP contribution is -2.15. The van der Waals surface area contributed by atoms with E-state index in [9.17, 15) is 4.79 Å². The Morgan fingerprint density at radius 2 is 1.83 bits per heavy atom. The summed E-state index contributed by atoms with van der Waals surface area (Å²) < 4.78 is 5.96. The van der Waals surface area contributed by atoms with Crippen LogP contribution in [0.2, 0.25) is 0 Å². The Labute approximate surface area is 150 Å². The van der Waals surface area contributed by atoms with Crippen LogP contribution in [0.5, 0.6) is 11.5 Å². The molecule has 3 nitrogen and oxygen atoms in total. The van der Waals surface area contributed by atoms with Crippen molar-refractivity contribution in [3.05, 3.63) is 58.7 Å². The topological polar surface area (TPSA) is 52.3 Å². The highest BCUT2D eigenvalue weighted by molar-refractivity contribution is 5.95. The van der Waals surface area contributed by atoms with E-state index in [0.29, 0.717) is 5.56 Å². The van der Waals surface area contributed by atoms with Crippen LogP contribution in [0.15, 0.2) is 36.4 Å². The molecule has 0 aromatic heterocycles. The number of hydrogen-bond donors (Lipinski definition) is 1. The van der Waals surface area contributed by atoms with Gasteiger partial charge in [0.2, 0.25) is 5.91 Å². The fraction of sp³-hybridized carbons (Fsp3) is 0.278. The summed E-state index contributed by atoms with van der Waals surface area (Å²) in [6, 6.07) is 11.5. The molecule has 2 rings (SSSR count). The monoisotopic (exact) mass is 355 g/mol. The summed E-state index contributed by atoms with van der Waals surface area (Å²) in [6.07, 6.45) is 1.77. The number of primary amides is 1. The Morgan fingerprint density at radius 1 is 1.13 bits per heavy atom. The number of benzene rings is 2. The second kappa shape index (κ2) is 9.43. The number of halogens is 2. The minimum absolute atomic E-state index is 0. The number of ether oxygens (including phenoxy) is 1. The van der Waals surface area contributed by atoms with Crippen molar-refractivity contribution in [3.63, 3.8) is 0 Å². The van der Waals surface area contributed by atoms with Crippen LogP contribution in [-0.2, 0) is 6.42 Å². The minimum atomic E-state index is -0.386. The first kappa shape index (κ1) is 21.3. The van der Waals surface area contributed by atoms with Crippen molar-refractivity contribution in [2.24, 2.45) is 5.73 Å². The molecular formula is C18H23Cl2NO2. The molecule has 5 heteroatoms. The molecule has 0 fully saturated rings. The van der Waals surface area contributed by atoms with E-state index in [4.69, 9.17) is 10.5 Å². The Morgan fingerprint density at radius 3 is 2.39 bits per heavy atom. The molecule has 0 spiro atoms. The number of aryl methyl sites for hydroxylation is 1. The molecule has 0 heterocycles. The minimum Gasteiger partial charge on any atom is -0.457 e. The molecular weight excluding hydrogens is 333 g/mol. The van der Waals surface area contributed by atoms with Gasteiger partial charge in [0.25, 0.3) is 0 Å². The van der Waals surface area contributed by atoms with Crippen molar-refractivity contribution >= 4 is 30.7 Å². The summed E-state index contributed by atoms with van der Waals surface area (Å²) in [6.45, 7) is 6.08. The Bertz CT molecular complexity index is 672. The lowest BCUT2D eigenvalue weighted by atomic mass is 9.96. The van der Waals surface area contributed by atoms with Crippen LogP contribution < -0.4 is 10.5 Å². The number of hydrogen-bond acceptors (Lipinski definition) is 2. The van der Waals surface area contributed by atoms with Gasteiger partial charge in [-0.05, 0) is 61.2 Å². The van der Waals surface area contributed by atoms with E-state index in [-0.39, 0.29) is 30.7 Å². The molecule has 0 radical (unpaired) electrons. The summed E-state index contributed by atoms with van der Waals surface area (Å²) in [4.78, 5) is 11.5. The first-order valence-electron chi connectivity index (χ1n) is 7.19. The molecule has 0 atom stereocenters. The highest BCUT2D eigenvalue weighted by atomic mass is 35.5. The van der Waals surface area contributed by atoms with Gasteiger partial charge in [-0.2, -0.15) is 0 Å². The number of carbonyl (C=O) groups excluding carboxylic acids is 1. The van der Waals surface area contributed by atoms with Crippen LogP contribution in [0.1, 0.15) is 40.4 Å². The van der Waals surface area contributed by atoms with Gasteiger partial charge in [-0.3, -0.25) is 4.79 Å². The van der Waals surface area contributed by atoms with Gasteiger partial charge in [0.05, 0.1) is 0 Å². The van der Waals surface area contributed by atoms with Crippen molar-refractivity contribution in [1.29, 1.82) is 0 Å². The number of carbonyl (C=O) groups is 1. The number of amides is 1. The molecule has 0 bridgehead atoms. The van der Waals surface area contributed by atoms with E-state index in [1.54, 1.807) is 6.07 Å². The highest BCUT2D eigenvalue weighted by Gasteiger charge is 2.14. The molecule has 0 aliphatic rings. The zero-order valence-electron chi connectivity index (χ0n) is 13.6. The fourth-order valence-electron chi connectivity index (χ4n) is 2.45. The lowest BCUT2D eigenvalue weighted by Gasteiger charge is -2.15. The quantitative estimate of drug-likeness (QED) is 0.820. The van der Waals surface area contributed by atoms with E-state index in [2.05, 4.69) is 6.92 Å². The molecule has 1 amide bonds. The molecule has 23 heavy (non-hydrogen) atoms. The van der Waals surface area contributed by atoms with Crippen LogP contribution >= 0.6 is 24.8 Å². The summed E-state index contributed by atoms with van der Waals surface area (Å²) >= 11 is 0. The van der Waals surface area contributed by atoms with Gasteiger partial charge in [0, 0.05) is 5.56 Å². The molecule has 2 aromatic rings. The summed E-state index contributed by atoms with van der Waals surface area (Å²) in [7, 11) is 0. The SMILES string of the molecule is CCCc1c(C(N)=O)ccc(Oc2cccc(C)c2)c1C.Cl.Cl. The zero-order chi connectivity index (χ0) is 15.4. The van der Waals surface area contributed by atoms with Gasteiger partial charge in [0.1, 0.15) is 11.5 Å². The smallest absolute Gasteiger partial charge is 0.248 e. The zero-order valence-corrected chi connectivity index (χ0v) is 15.2. The van der Waals surface area contributed by atoms with Crippen molar-refractivity contribution < 1.29 is 9.53 Å². The maximum atomic E-state index is 11.5. The van der Waals surface area contributed by atoms with E-state index in [1.807, 2.05) is 44.2 Å². The molecule has 2 aromatic carbocycles. The number of nitrogens with two attached hydrogens (primary N) is 1. The predicted octanol–water partition coefficient (Wildman–Crippen LogP) is 4.99. The molecule has 126 valence electrons. The van der Waals surface area contributed by atoms with Gasteiger partial charge in [-0.1, -0.05) is 25.5 Å². The third kappa shape index (κ3) is 5.15. The first-order chi connectivity index (χ1) is 10.0. The largest absolute Gasteiger partial charge is 0.457 e. The second-order valence-electron chi connectivity index (χ2n) is 5.25. The van der Waals surface area contributed by atoms with Crippen molar-refractivity contribution in [1.82, 2.24) is 0 Å². The molecule has 0 aliphatic heterocycles. The third-order valence-electron chi connectivity index (χ3n) is 3.53. The lowest BCUT2D eigenvalue weighted by molar-refractivity contribution is 0.0999. The maximum Gasteiger partial charge on any atom is 0.248 e. The van der Waals surface area contributed by atoms with Crippen LogP contribution in [0.3, 0.4) is 0 Å². The normalized spacial score (nSPS) is 9.52. The van der Waals surface area contributed by atoms with E-state index < -0.39 is 0 Å². The summed E-state index contributed by atoms with van der Waals surface area (Å²) in [5.74, 6) is 1.19. The van der Waals surface area contributed by atoms with Crippen LogP contribution in [-0.4, -0.2) is 5.91 Å². The highest BCUT2D eigenvalue weighted by Crippen LogP contribution is 2.30. The van der Waals surface area contributed by atoms with Gasteiger partial charge in [-0.25, -0.2) is 0 Å². The molecule has 2 N–H and O–H groups in total. The van der Waals surface area contributed by atoms with Crippen molar-refractivity contribution in [2.75, 3.05) is 0 Å². The maximum absolute atomic E-state index is 11.5. The van der Waals surface area contributed by atoms with Crippen LogP contribution in [0, 0.1) is 13.8 Å². The predicted molar refractivity (Wildman–Crippen MR) is 99.4 cm³/mol. The first-order valence-corrected chi connectivity index (χ1v) is 7.19. The van der Waals surface area contributed by atoms with E-state index in [0.717, 1.165) is 41.0 Å². The van der Waals surface area contributed by atoms with Crippen molar-refractivity contribution in [2.45, 2.75) is 33.6 Å². The number of rotatable bonds is 5. The second-order valence-corrected chi connectivity index (χ2v) is 5.25. The van der Waals surface area contributed by atoms with Crippen LogP contribution in [0.25, 0.3) is 0 Å². The third-order valence-corrected chi connectivity index (χ3v) is 3.53. The molecule has 0 saturated carbocycles. The molecule has 0 saturated heterocycles. The average Bonchev–Trinajstić information content (AvgIpc) is 2.43. The fourth-order valence-corrected chi connectivity index (χ4v) is 2.45. The van der Waals surface area contributed by atoms with Crippen LogP contribution in [0.4, 0.5) is 0 Å². The Hall–Kier alpha value is -1.71. The standard InChI is InChI=1S/C18H21NO2.2ClH/c1-4-6-15-13(3)17(10-9-16(15)18(19)20)21-14-8-5-7-12(2)11-14;;/h5,7-11H,4,6H2,1-3H3,(H2,19,20);2*1H. The Kier molecular flexibility index (Phi) is 8.73. The Balaban J connectivity index is 0.00000242. The summed E-state index contributed by atoms with van der Waals surface area (Å²) in [5, 5.41) is 0. The van der Waals surface area contributed by atoms with Gasteiger partial charge in [0.15, 0.2) is 0 Å². The van der Waals surface area contributed by atoms with Gasteiger partial charge < -0.3 is 10.5 Å². The van der Waals surface area contributed by atoms with E-state index >= 15 is 0 Å². The van der Waals surface area contributed by atoms with Gasteiger partial charge >= 0.3 is 0 Å². The molecule has 0 unspecified atom stereocenters. The average molecular weight is 356 g/mol. The van der Waals surface area contributed by atoms with Gasteiger partial charge in [-0.15, -0.1) is 24.8 Å². The molecule has 0 aliphatic carbocycles. The van der Waals surface area contributed by atoms with Crippen molar-refractivity contribution in [3.8, 4) is 11.5 Å². The summed E-state index contributed by atoms with van der Waals surface area (Å²) in [5.41, 5.74) is 9.15. The van der Waals surface area contributed by atoms with E-state index in [1.165, 1.54) is 0 Å².